The van der Waals surface area contributed by atoms with Gasteiger partial charge in [-0.15, -0.1) is 0 Å². The van der Waals surface area contributed by atoms with Gasteiger partial charge in [0.25, 0.3) is 0 Å². The van der Waals surface area contributed by atoms with E-state index in [2.05, 4.69) is 47.3 Å². The summed E-state index contributed by atoms with van der Waals surface area (Å²) < 4.78 is 13.8. The topological polar surface area (TPSA) is 53.3 Å². The minimum Gasteiger partial charge on any atom is -0.299 e. The zero-order valence-electron chi connectivity index (χ0n) is 28.3. The molecule has 4 atom stereocenters. The van der Waals surface area contributed by atoms with Crippen LogP contribution >= 0.6 is 11.8 Å². The number of nitrogens with one attached hydrogen (secondary N) is 1. The van der Waals surface area contributed by atoms with Crippen LogP contribution < -0.4 is 0 Å². The number of carbonyl (C=O) groups excluding carboxylic acids is 1. The molecule has 0 radical (unpaired) electrons. The van der Waals surface area contributed by atoms with Crippen LogP contribution in [0.25, 0.3) is 0 Å². The van der Waals surface area contributed by atoms with E-state index in [9.17, 15) is 9.18 Å². The maximum Gasteiger partial charge on any atom is 0.218 e. The van der Waals surface area contributed by atoms with Crippen molar-refractivity contribution in [2.24, 2.45) is 22.7 Å². The number of halogens is 1. The minimum absolute atomic E-state index is 0.0647. The third kappa shape index (κ3) is 9.36. The standard InChI is InChI=1S/C28H33FN2OS.C5H12.2C2H6/c1-6-24(30)19(5)31-26(22-13-12-21(29)14-17(22)3)25-18(4)23-15-28(23,33-27(25)32)20-9-7-8-16(2)10-11-20;1-4-5(2)3;2*1-2/h6,9,12-14,16,23,26,30H,1,7-8,10-11,15H2,2-5H3;5H,4H2,1-3H3;2*1-2H3. The van der Waals surface area contributed by atoms with Gasteiger partial charge in [0.05, 0.1) is 16.2 Å². The Balaban J connectivity index is 0.000000873. The second-order valence-electron chi connectivity index (χ2n) is 11.6. The number of rotatable bonds is 7. The van der Waals surface area contributed by atoms with E-state index >= 15 is 0 Å². The van der Waals surface area contributed by atoms with Gasteiger partial charge in [-0.2, -0.15) is 0 Å². The molecule has 1 fully saturated rings. The molecule has 1 aliphatic heterocycles. The van der Waals surface area contributed by atoms with Crippen LogP contribution in [-0.4, -0.2) is 21.3 Å². The molecule has 234 valence electrons. The van der Waals surface area contributed by atoms with Crippen molar-refractivity contribution in [3.63, 3.8) is 0 Å². The summed E-state index contributed by atoms with van der Waals surface area (Å²) in [4.78, 5) is 18.6. The average molecular weight is 597 g/mol. The Morgan fingerprint density at radius 3 is 2.38 bits per heavy atom. The van der Waals surface area contributed by atoms with Gasteiger partial charge in [-0.1, -0.05) is 103 Å². The van der Waals surface area contributed by atoms with E-state index in [0.29, 0.717) is 17.2 Å². The highest BCUT2D eigenvalue weighted by molar-refractivity contribution is 8.15. The monoisotopic (exact) mass is 596 g/mol. The lowest BCUT2D eigenvalue weighted by atomic mass is 9.89. The lowest BCUT2D eigenvalue weighted by Gasteiger charge is -2.29. The van der Waals surface area contributed by atoms with Crippen molar-refractivity contribution >= 4 is 28.3 Å². The highest BCUT2D eigenvalue weighted by Crippen LogP contribution is 2.67. The SMILES string of the molecule is C=CC(=N)C(C)=NC(C1=C(C)C2CC2(C2=CCCC(C)CC2)SC1=O)c1ccc(F)cc1C.CC.CC.CCC(C)C. The van der Waals surface area contributed by atoms with Crippen molar-refractivity contribution in [1.82, 2.24) is 0 Å². The van der Waals surface area contributed by atoms with Crippen LogP contribution in [0.2, 0.25) is 0 Å². The minimum atomic E-state index is -0.548. The molecule has 1 saturated carbocycles. The van der Waals surface area contributed by atoms with Crippen LogP contribution in [-0.2, 0) is 4.79 Å². The van der Waals surface area contributed by atoms with Crippen molar-refractivity contribution in [3.05, 3.63) is 70.6 Å². The number of hydrogen-bond donors (Lipinski definition) is 1. The second kappa shape index (κ2) is 17.8. The molecular weight excluding hydrogens is 539 g/mol. The smallest absolute Gasteiger partial charge is 0.218 e. The molecule has 42 heavy (non-hydrogen) atoms. The van der Waals surface area contributed by atoms with Gasteiger partial charge in [0.15, 0.2) is 0 Å². The number of nitrogens with zero attached hydrogens (tertiary/aromatic N) is 1. The lowest BCUT2D eigenvalue weighted by molar-refractivity contribution is -0.108. The predicted molar refractivity (Wildman–Crippen MR) is 185 cm³/mol. The highest BCUT2D eigenvalue weighted by atomic mass is 32.2. The predicted octanol–water partition coefficient (Wildman–Crippen LogP) is 11.4. The number of hydrogen-bond acceptors (Lipinski definition) is 4. The third-order valence-electron chi connectivity index (χ3n) is 8.39. The van der Waals surface area contributed by atoms with Crippen LogP contribution in [0.5, 0.6) is 0 Å². The molecule has 5 heteroatoms. The molecule has 0 saturated heterocycles. The zero-order chi connectivity index (χ0) is 32.2. The summed E-state index contributed by atoms with van der Waals surface area (Å²) in [6, 6.07) is 4.09. The third-order valence-corrected chi connectivity index (χ3v) is 9.87. The van der Waals surface area contributed by atoms with Gasteiger partial charge in [0.1, 0.15) is 11.9 Å². The van der Waals surface area contributed by atoms with Gasteiger partial charge in [0, 0.05) is 11.5 Å². The zero-order valence-corrected chi connectivity index (χ0v) is 29.1. The van der Waals surface area contributed by atoms with Crippen molar-refractivity contribution < 1.29 is 9.18 Å². The Labute approximate surface area is 261 Å². The molecular formula is C37H57FN2OS. The quantitative estimate of drug-likeness (QED) is 0.251. The molecule has 1 N–H and O–H groups in total. The van der Waals surface area contributed by atoms with Crippen LogP contribution in [0, 0.1) is 35.9 Å². The van der Waals surface area contributed by atoms with Crippen molar-refractivity contribution in [3.8, 4) is 0 Å². The van der Waals surface area contributed by atoms with Gasteiger partial charge in [-0.25, -0.2) is 4.39 Å². The van der Waals surface area contributed by atoms with Crippen molar-refractivity contribution in [2.75, 3.05) is 0 Å². The molecule has 0 bridgehead atoms. The van der Waals surface area contributed by atoms with Gasteiger partial charge >= 0.3 is 0 Å². The van der Waals surface area contributed by atoms with Crippen LogP contribution in [0.1, 0.15) is 125 Å². The van der Waals surface area contributed by atoms with E-state index in [4.69, 9.17) is 10.4 Å². The first-order valence-electron chi connectivity index (χ1n) is 16.1. The van der Waals surface area contributed by atoms with E-state index in [1.165, 1.54) is 54.8 Å². The summed E-state index contributed by atoms with van der Waals surface area (Å²) in [5.41, 5.74) is 5.58. The number of aryl methyl sites for hydroxylation is 1. The van der Waals surface area contributed by atoms with E-state index < -0.39 is 6.04 Å². The molecule has 1 heterocycles. The number of thioether (sulfide) groups is 1. The Kier molecular flexibility index (Phi) is 16.0. The van der Waals surface area contributed by atoms with E-state index in [-0.39, 0.29) is 21.4 Å². The number of aliphatic imine (C=N–C) groups is 1. The van der Waals surface area contributed by atoms with Gasteiger partial charge in [0.2, 0.25) is 5.12 Å². The maximum absolute atomic E-state index is 13.9. The lowest BCUT2D eigenvalue weighted by Crippen LogP contribution is -2.25. The number of fused-ring (bicyclic) bond motifs is 1. The Hall–Kier alpha value is -2.27. The fourth-order valence-electron chi connectivity index (χ4n) is 5.40. The molecule has 4 unspecified atom stereocenters. The summed E-state index contributed by atoms with van der Waals surface area (Å²) >= 11 is 1.48. The largest absolute Gasteiger partial charge is 0.299 e. The summed E-state index contributed by atoms with van der Waals surface area (Å²) in [6.07, 6.45) is 10.7. The van der Waals surface area contributed by atoms with Gasteiger partial charge < -0.3 is 0 Å². The Morgan fingerprint density at radius 2 is 1.83 bits per heavy atom. The molecule has 4 rings (SSSR count). The fourth-order valence-corrected chi connectivity index (χ4v) is 7.00. The second-order valence-corrected chi connectivity index (χ2v) is 12.9. The van der Waals surface area contributed by atoms with Crippen molar-refractivity contribution in [2.45, 2.75) is 125 Å². The summed E-state index contributed by atoms with van der Waals surface area (Å²) in [6.45, 7) is 26.3. The number of benzene rings is 1. The average Bonchev–Trinajstić information content (AvgIpc) is 3.75. The molecule has 3 aliphatic rings. The van der Waals surface area contributed by atoms with Crippen LogP contribution in [0.3, 0.4) is 0 Å². The first kappa shape index (κ1) is 37.8. The molecule has 0 amide bonds. The maximum atomic E-state index is 13.9. The summed E-state index contributed by atoms with van der Waals surface area (Å²) in [5, 5.41) is 8.19. The molecule has 2 aliphatic carbocycles. The van der Waals surface area contributed by atoms with E-state index in [0.717, 1.165) is 47.8 Å². The Morgan fingerprint density at radius 1 is 1.21 bits per heavy atom. The normalized spacial score (nSPS) is 23.9. The van der Waals surface area contributed by atoms with Crippen LogP contribution in [0.15, 0.2) is 58.6 Å². The molecule has 0 spiro atoms. The fraction of sp³-hybridized carbons (Fsp3) is 0.595. The summed E-state index contributed by atoms with van der Waals surface area (Å²) in [7, 11) is 0. The molecule has 3 nitrogen and oxygen atoms in total. The first-order chi connectivity index (χ1) is 19.9. The first-order valence-corrected chi connectivity index (χ1v) is 16.9. The highest BCUT2D eigenvalue weighted by Gasteiger charge is 2.62. The Bertz CT molecular complexity index is 1180. The number of allylic oxidation sites excluding steroid dienone is 3. The van der Waals surface area contributed by atoms with Gasteiger partial charge in [-0.3, -0.25) is 15.2 Å². The molecule has 1 aromatic carbocycles. The molecule has 1 aromatic rings. The van der Waals surface area contributed by atoms with E-state index in [1.54, 1.807) is 13.0 Å². The number of carbonyl (C=O) groups is 1. The molecule has 0 aromatic heterocycles. The van der Waals surface area contributed by atoms with Crippen LogP contribution in [0.4, 0.5) is 4.39 Å². The van der Waals surface area contributed by atoms with Gasteiger partial charge in [-0.05, 0) is 94.0 Å². The van der Waals surface area contributed by atoms with E-state index in [1.807, 2.05) is 34.6 Å². The summed E-state index contributed by atoms with van der Waals surface area (Å²) in [5.74, 6) is 1.65. The van der Waals surface area contributed by atoms with Crippen molar-refractivity contribution in [1.29, 1.82) is 5.41 Å².